The molecule has 12 rings (SSSR count). The third-order valence-corrected chi connectivity index (χ3v) is 15.1. The van der Waals surface area contributed by atoms with Crippen LogP contribution in [-0.4, -0.2) is 9.55 Å². The molecule has 1 aliphatic rings. The van der Waals surface area contributed by atoms with Crippen LogP contribution in [0.15, 0.2) is 200 Å². The second-order valence-electron chi connectivity index (χ2n) is 15.0. The smallest absolute Gasteiger partial charge is 0.175 e. The van der Waals surface area contributed by atoms with Crippen molar-refractivity contribution < 1.29 is 4.57 Å². The van der Waals surface area contributed by atoms with E-state index in [0.29, 0.717) is 0 Å². The largest absolute Gasteiger partial charge is 0.308 e. The van der Waals surface area contributed by atoms with Crippen molar-refractivity contribution in [1.29, 1.82) is 0 Å². The number of para-hydroxylation sites is 2. The van der Waals surface area contributed by atoms with Crippen LogP contribution in [0.1, 0.15) is 0 Å². The van der Waals surface area contributed by atoms with E-state index in [1.165, 1.54) is 60.0 Å². The van der Waals surface area contributed by atoms with Crippen LogP contribution < -0.4 is 15.9 Å². The Bertz CT molecular complexity index is 3510. The molecule has 11 aromatic rings. The number of hydrogen-bond acceptors (Lipinski definition) is 2. The van der Waals surface area contributed by atoms with Crippen molar-refractivity contribution in [2.24, 2.45) is 0 Å². The van der Waals surface area contributed by atoms with Gasteiger partial charge in [-0.15, -0.1) is 0 Å². The van der Waals surface area contributed by atoms with Gasteiger partial charge in [-0.05, 0) is 108 Å². The molecule has 3 nitrogen and oxygen atoms in total. The van der Waals surface area contributed by atoms with Crippen LogP contribution in [0, 0.1) is 0 Å². The van der Waals surface area contributed by atoms with E-state index >= 15 is 4.57 Å². The molecular formula is C53H33N2OP. The van der Waals surface area contributed by atoms with Gasteiger partial charge < -0.3 is 4.57 Å². The second-order valence-corrected chi connectivity index (χ2v) is 17.7. The molecule has 10 aromatic carbocycles. The lowest BCUT2D eigenvalue weighted by Gasteiger charge is -2.29. The van der Waals surface area contributed by atoms with Gasteiger partial charge >= 0.3 is 0 Å². The van der Waals surface area contributed by atoms with Gasteiger partial charge in [0.15, 0.2) is 7.14 Å². The van der Waals surface area contributed by atoms with E-state index in [4.69, 9.17) is 4.98 Å². The first-order chi connectivity index (χ1) is 28.1. The van der Waals surface area contributed by atoms with Crippen LogP contribution in [0.5, 0.6) is 0 Å². The van der Waals surface area contributed by atoms with Crippen molar-refractivity contribution in [2.75, 3.05) is 0 Å². The lowest BCUT2D eigenvalue weighted by atomic mass is 9.84. The minimum atomic E-state index is -3.20. The number of hydrogen-bond donors (Lipinski definition) is 0. The zero-order chi connectivity index (χ0) is 37.7. The average molecular weight is 745 g/mol. The van der Waals surface area contributed by atoms with Crippen LogP contribution in [0.4, 0.5) is 0 Å². The number of benzene rings is 10. The molecule has 0 bridgehead atoms. The van der Waals surface area contributed by atoms with Gasteiger partial charge in [0, 0.05) is 21.5 Å². The summed E-state index contributed by atoms with van der Waals surface area (Å²) < 4.78 is 17.9. The van der Waals surface area contributed by atoms with Gasteiger partial charge in [-0.1, -0.05) is 158 Å². The Labute approximate surface area is 329 Å². The van der Waals surface area contributed by atoms with Gasteiger partial charge in [-0.3, -0.25) is 4.57 Å². The zero-order valence-electron chi connectivity index (χ0n) is 30.8. The summed E-state index contributed by atoms with van der Waals surface area (Å²) >= 11 is 0. The molecule has 2 heterocycles. The maximum atomic E-state index is 15.6. The predicted molar refractivity (Wildman–Crippen MR) is 240 cm³/mol. The third kappa shape index (κ3) is 4.67. The van der Waals surface area contributed by atoms with Gasteiger partial charge in [0.2, 0.25) is 0 Å². The van der Waals surface area contributed by atoms with E-state index in [1.807, 2.05) is 60.7 Å². The van der Waals surface area contributed by atoms with Crippen molar-refractivity contribution >= 4 is 77.2 Å². The zero-order valence-corrected chi connectivity index (χ0v) is 31.7. The van der Waals surface area contributed by atoms with E-state index in [9.17, 15) is 0 Å². The minimum Gasteiger partial charge on any atom is -0.308 e. The summed E-state index contributed by atoms with van der Waals surface area (Å²) in [5, 5.41) is 12.1. The molecule has 0 fully saturated rings. The molecular weight excluding hydrogens is 712 g/mol. The highest BCUT2D eigenvalue weighted by atomic mass is 31.2. The molecule has 0 saturated carbocycles. The monoisotopic (exact) mass is 744 g/mol. The molecule has 4 heteroatoms. The third-order valence-electron chi connectivity index (χ3n) is 11.9. The van der Waals surface area contributed by atoms with Crippen LogP contribution in [0.2, 0.25) is 0 Å². The van der Waals surface area contributed by atoms with Crippen molar-refractivity contribution in [2.45, 2.75) is 0 Å². The first-order valence-electron chi connectivity index (χ1n) is 19.4. The summed E-state index contributed by atoms with van der Waals surface area (Å²) in [5.41, 5.74) is 8.41. The summed E-state index contributed by atoms with van der Waals surface area (Å²) in [6.07, 6.45) is 0. The number of imidazole rings is 1. The van der Waals surface area contributed by atoms with Crippen molar-refractivity contribution in [3.63, 3.8) is 0 Å². The number of rotatable bonds is 4. The molecule has 0 saturated heterocycles. The fourth-order valence-electron chi connectivity index (χ4n) is 9.39. The van der Waals surface area contributed by atoms with E-state index in [-0.39, 0.29) is 0 Å². The summed E-state index contributed by atoms with van der Waals surface area (Å²) in [6.45, 7) is 0. The Kier molecular flexibility index (Phi) is 6.90. The molecule has 0 amide bonds. The number of nitrogens with zero attached hydrogens (tertiary/aromatic N) is 2. The Hall–Kier alpha value is -7.06. The van der Waals surface area contributed by atoms with Crippen molar-refractivity contribution in [3.8, 4) is 39.3 Å². The highest BCUT2D eigenvalue weighted by molar-refractivity contribution is 7.86. The minimum absolute atomic E-state index is 0.825. The highest BCUT2D eigenvalue weighted by Crippen LogP contribution is 2.51. The molecule has 0 N–H and O–H groups in total. The van der Waals surface area contributed by atoms with Gasteiger partial charge in [0.1, 0.15) is 5.82 Å². The summed E-state index contributed by atoms with van der Waals surface area (Å²) in [4.78, 5) is 5.38. The average Bonchev–Trinajstić information content (AvgIpc) is 3.67. The molecule has 266 valence electrons. The molecule has 0 aliphatic carbocycles. The molecule has 0 spiro atoms. The van der Waals surface area contributed by atoms with Gasteiger partial charge in [0.25, 0.3) is 0 Å². The van der Waals surface area contributed by atoms with Crippen LogP contribution in [0.3, 0.4) is 0 Å². The Morgan fingerprint density at radius 1 is 0.404 bits per heavy atom. The predicted octanol–water partition coefficient (Wildman–Crippen LogP) is 12.6. The Morgan fingerprint density at radius 2 is 0.947 bits per heavy atom. The molecule has 1 aliphatic heterocycles. The molecule has 1 atom stereocenters. The maximum Gasteiger partial charge on any atom is 0.175 e. The Balaban J connectivity index is 1.19. The van der Waals surface area contributed by atoms with E-state index in [1.54, 1.807) is 0 Å². The summed E-state index contributed by atoms with van der Waals surface area (Å²) in [7, 11) is -3.20. The molecule has 0 radical (unpaired) electrons. The van der Waals surface area contributed by atoms with E-state index in [0.717, 1.165) is 49.4 Å². The van der Waals surface area contributed by atoms with Gasteiger partial charge in [-0.25, -0.2) is 4.98 Å². The fraction of sp³-hybridized carbons (Fsp3) is 0. The first kappa shape index (κ1) is 32.2. The first-order valence-corrected chi connectivity index (χ1v) is 21.1. The van der Waals surface area contributed by atoms with Crippen LogP contribution in [-0.2, 0) is 4.57 Å². The normalized spacial score (nSPS) is 14.8. The maximum absolute atomic E-state index is 15.6. The Morgan fingerprint density at radius 3 is 1.65 bits per heavy atom. The topological polar surface area (TPSA) is 34.9 Å². The molecule has 1 aromatic heterocycles. The summed E-state index contributed by atoms with van der Waals surface area (Å²) in [5.74, 6) is 0.830. The van der Waals surface area contributed by atoms with Gasteiger partial charge in [-0.2, -0.15) is 0 Å². The lowest BCUT2D eigenvalue weighted by Crippen LogP contribution is -2.32. The van der Waals surface area contributed by atoms with Gasteiger partial charge in [0.05, 0.1) is 16.7 Å². The van der Waals surface area contributed by atoms with Crippen molar-refractivity contribution in [1.82, 2.24) is 9.55 Å². The van der Waals surface area contributed by atoms with Crippen LogP contribution >= 0.6 is 7.14 Å². The van der Waals surface area contributed by atoms with Crippen LogP contribution in [0.25, 0.3) is 93.5 Å². The fourth-order valence-corrected chi connectivity index (χ4v) is 12.4. The summed E-state index contributed by atoms with van der Waals surface area (Å²) in [6, 6.07) is 70.7. The van der Waals surface area contributed by atoms with E-state index < -0.39 is 7.14 Å². The number of aromatic nitrogens is 2. The quantitative estimate of drug-likeness (QED) is 0.133. The standard InChI is InChI=1S/C53H33N2OP/c56-57(41-17-2-1-3-18-41)48-23-11-10-22-47(48)55-52-46(21-12-24-49(52)57)54-53(55)40-29-30-44-45(33-40)51(39-28-26-35-14-5-7-16-37(35)32-39)43-20-9-8-19-42(43)50(44)38-27-25-34-13-4-6-15-36(34)31-38/h1-33H. The second kappa shape index (κ2) is 12.2. The molecule has 57 heavy (non-hydrogen) atoms. The lowest BCUT2D eigenvalue weighted by molar-refractivity contribution is 0.592. The number of fused-ring (bicyclic) bond motifs is 6. The molecule has 1 unspecified atom stereocenters. The van der Waals surface area contributed by atoms with Crippen molar-refractivity contribution in [3.05, 3.63) is 200 Å². The highest BCUT2D eigenvalue weighted by Gasteiger charge is 2.39. The SMILES string of the molecule is O=P1(c2ccccc2)c2ccccc2-n2c(-c3ccc4c(-c5ccc6ccccc6c5)c5ccccc5c(-c5ccc6ccccc6c5)c4c3)nc3cccc1c32. The van der Waals surface area contributed by atoms with E-state index in [2.05, 4.69) is 144 Å².